The first kappa shape index (κ1) is 18.2. The number of rotatable bonds is 5. The minimum absolute atomic E-state index is 0.0638. The highest BCUT2D eigenvalue weighted by Crippen LogP contribution is 2.38. The van der Waals surface area contributed by atoms with Crippen LogP contribution >= 0.6 is 0 Å². The number of amides is 3. The Morgan fingerprint density at radius 2 is 1.96 bits per heavy atom. The number of imide groups is 1. The second-order valence-corrected chi connectivity index (χ2v) is 6.93. The quantitative estimate of drug-likeness (QED) is 0.644. The van der Waals surface area contributed by atoms with Crippen LogP contribution in [0.1, 0.15) is 43.0 Å². The number of hydrogen-bond donors (Lipinski definition) is 1. The fourth-order valence-corrected chi connectivity index (χ4v) is 3.88. The summed E-state index contributed by atoms with van der Waals surface area (Å²) in [5.41, 5.74) is -0.492. The summed E-state index contributed by atoms with van der Waals surface area (Å²) in [6.07, 6.45) is 3.47. The second kappa shape index (κ2) is 6.97. The van der Waals surface area contributed by atoms with Gasteiger partial charge in [0.2, 0.25) is 0 Å². The third-order valence-corrected chi connectivity index (χ3v) is 5.51. The van der Waals surface area contributed by atoms with Gasteiger partial charge in [-0.3, -0.25) is 14.5 Å². The van der Waals surface area contributed by atoms with Crippen LogP contribution in [0, 0.1) is 5.92 Å². The molecule has 7 heteroatoms. The van der Waals surface area contributed by atoms with Crippen molar-refractivity contribution in [2.45, 2.75) is 38.1 Å². The Kier molecular flexibility index (Phi) is 4.89. The molecule has 0 unspecified atom stereocenters. The van der Waals surface area contributed by atoms with Crippen LogP contribution in [-0.2, 0) is 4.79 Å². The molecule has 7 nitrogen and oxygen atoms in total. The lowest BCUT2D eigenvalue weighted by Gasteiger charge is -2.36. The molecule has 140 valence electrons. The third kappa shape index (κ3) is 2.91. The number of methoxy groups -OCH3 is 2. The molecule has 2 atom stereocenters. The van der Waals surface area contributed by atoms with Crippen molar-refractivity contribution in [3.63, 3.8) is 0 Å². The van der Waals surface area contributed by atoms with Gasteiger partial charge in [-0.15, -0.1) is 0 Å². The first-order valence-electron chi connectivity index (χ1n) is 8.82. The molecule has 3 rings (SSSR count). The Balaban J connectivity index is 1.79. The highest BCUT2D eigenvalue weighted by atomic mass is 16.5. The molecule has 1 saturated heterocycles. The molecule has 1 N–H and O–H groups in total. The van der Waals surface area contributed by atoms with E-state index < -0.39 is 11.6 Å². The van der Waals surface area contributed by atoms with E-state index in [1.54, 1.807) is 18.2 Å². The van der Waals surface area contributed by atoms with Gasteiger partial charge in [-0.2, -0.15) is 0 Å². The van der Waals surface area contributed by atoms with Crippen LogP contribution in [0.2, 0.25) is 0 Å². The van der Waals surface area contributed by atoms with Crippen LogP contribution in [0.4, 0.5) is 4.79 Å². The Labute approximate surface area is 152 Å². The lowest BCUT2D eigenvalue weighted by atomic mass is 9.73. The van der Waals surface area contributed by atoms with Gasteiger partial charge in [-0.1, -0.05) is 19.8 Å². The maximum Gasteiger partial charge on any atom is 0.325 e. The number of hydrogen-bond acceptors (Lipinski definition) is 5. The molecule has 0 bridgehead atoms. The van der Waals surface area contributed by atoms with E-state index in [1.807, 2.05) is 6.92 Å². The summed E-state index contributed by atoms with van der Waals surface area (Å²) in [7, 11) is 3.00. The number of nitrogens with zero attached hydrogens (tertiary/aromatic N) is 1. The molecular formula is C19H24N2O5. The number of carbonyl (C=O) groups excluding carboxylic acids is 3. The maximum atomic E-state index is 12.9. The highest BCUT2D eigenvalue weighted by molar-refractivity contribution is 6.11. The number of benzene rings is 1. The molecule has 1 aliphatic heterocycles. The summed E-state index contributed by atoms with van der Waals surface area (Å²) in [6.45, 7) is 1.70. The number of urea groups is 1. The summed E-state index contributed by atoms with van der Waals surface area (Å²) in [5.74, 6) is 0.384. The molecule has 0 aromatic heterocycles. The predicted molar refractivity (Wildman–Crippen MR) is 94.5 cm³/mol. The summed E-state index contributed by atoms with van der Waals surface area (Å²) >= 11 is 0. The normalized spacial score (nSPS) is 25.3. The van der Waals surface area contributed by atoms with Gasteiger partial charge < -0.3 is 14.8 Å². The Hall–Kier alpha value is -2.57. The minimum atomic E-state index is -0.854. The number of ether oxygens (including phenoxy) is 2. The van der Waals surface area contributed by atoms with Gasteiger partial charge in [-0.05, 0) is 37.0 Å². The number of nitrogens with one attached hydrogen (secondary N) is 1. The third-order valence-electron chi connectivity index (χ3n) is 5.51. The van der Waals surface area contributed by atoms with Gasteiger partial charge in [0, 0.05) is 5.56 Å². The summed E-state index contributed by atoms with van der Waals surface area (Å²) in [6, 6.07) is 4.29. The van der Waals surface area contributed by atoms with E-state index in [-0.39, 0.29) is 24.2 Å². The van der Waals surface area contributed by atoms with Crippen LogP contribution in [0.15, 0.2) is 18.2 Å². The number of carbonyl (C=O) groups is 3. The fraction of sp³-hybridized carbons (Fsp3) is 0.526. The average Bonchev–Trinajstić information content (AvgIpc) is 2.88. The van der Waals surface area contributed by atoms with Crippen molar-refractivity contribution < 1.29 is 23.9 Å². The molecule has 2 aliphatic rings. The molecule has 1 spiro atoms. The lowest BCUT2D eigenvalue weighted by Crippen LogP contribution is -2.54. The lowest BCUT2D eigenvalue weighted by molar-refractivity contribution is -0.133. The predicted octanol–water partition coefficient (Wildman–Crippen LogP) is 2.39. The first-order chi connectivity index (χ1) is 12.4. The van der Waals surface area contributed by atoms with Crippen molar-refractivity contribution in [3.05, 3.63) is 23.8 Å². The van der Waals surface area contributed by atoms with Crippen molar-refractivity contribution >= 4 is 17.7 Å². The summed E-state index contributed by atoms with van der Waals surface area (Å²) in [5, 5.41) is 2.86. The van der Waals surface area contributed by atoms with E-state index >= 15 is 0 Å². The van der Waals surface area contributed by atoms with Crippen molar-refractivity contribution in [2.24, 2.45) is 5.92 Å². The van der Waals surface area contributed by atoms with Crippen LogP contribution in [0.3, 0.4) is 0 Å². The van der Waals surface area contributed by atoms with Gasteiger partial charge in [0.1, 0.15) is 5.54 Å². The van der Waals surface area contributed by atoms with Crippen LogP contribution in [0.5, 0.6) is 11.5 Å². The van der Waals surface area contributed by atoms with Crippen LogP contribution < -0.4 is 14.8 Å². The summed E-state index contributed by atoms with van der Waals surface area (Å²) in [4.78, 5) is 39.0. The zero-order chi connectivity index (χ0) is 18.9. The van der Waals surface area contributed by atoms with Gasteiger partial charge in [-0.25, -0.2) is 4.79 Å². The molecule has 0 radical (unpaired) electrons. The molecule has 1 aromatic rings. The van der Waals surface area contributed by atoms with Crippen LogP contribution in [-0.4, -0.2) is 48.9 Å². The summed E-state index contributed by atoms with van der Waals surface area (Å²) < 4.78 is 10.4. The Morgan fingerprint density at radius 1 is 1.23 bits per heavy atom. The van der Waals surface area contributed by atoms with E-state index in [1.165, 1.54) is 14.2 Å². The smallest absolute Gasteiger partial charge is 0.325 e. The molecule has 1 aliphatic carbocycles. The minimum Gasteiger partial charge on any atom is -0.493 e. The SMILES string of the molecule is COc1ccc(C(=O)CN2C(=O)N[C@@]3(CCCC[C@H]3C)C2=O)cc1OC. The zero-order valence-electron chi connectivity index (χ0n) is 15.3. The molecule has 1 heterocycles. The maximum absolute atomic E-state index is 12.9. The largest absolute Gasteiger partial charge is 0.493 e. The number of Topliss-reactive ketones (excluding diaryl/α,β-unsaturated/α-hetero) is 1. The molecule has 1 saturated carbocycles. The standard InChI is InChI=1S/C19H24N2O5/c1-12-6-4-5-9-19(12)17(23)21(18(24)20-19)11-14(22)13-7-8-15(25-2)16(10-13)26-3/h7-8,10,12H,4-6,9,11H2,1-3H3,(H,20,24)/t12-,19-/m1/s1. The van der Waals surface area contributed by atoms with E-state index in [0.717, 1.165) is 24.2 Å². The molecule has 1 aromatic carbocycles. The first-order valence-corrected chi connectivity index (χ1v) is 8.82. The van der Waals surface area contributed by atoms with Crippen molar-refractivity contribution in [2.75, 3.05) is 20.8 Å². The van der Waals surface area contributed by atoms with Gasteiger partial charge in [0.15, 0.2) is 17.3 Å². The second-order valence-electron chi connectivity index (χ2n) is 6.93. The van der Waals surface area contributed by atoms with Crippen LogP contribution in [0.25, 0.3) is 0 Å². The van der Waals surface area contributed by atoms with Crippen molar-refractivity contribution in [1.29, 1.82) is 0 Å². The fourth-order valence-electron chi connectivity index (χ4n) is 3.88. The highest BCUT2D eigenvalue weighted by Gasteiger charge is 2.55. The molecule has 2 fully saturated rings. The van der Waals surface area contributed by atoms with Crippen molar-refractivity contribution in [3.8, 4) is 11.5 Å². The Bertz CT molecular complexity index is 747. The molecule has 26 heavy (non-hydrogen) atoms. The average molecular weight is 360 g/mol. The van der Waals surface area contributed by atoms with E-state index in [2.05, 4.69) is 5.32 Å². The van der Waals surface area contributed by atoms with E-state index in [4.69, 9.17) is 9.47 Å². The zero-order valence-corrected chi connectivity index (χ0v) is 15.3. The van der Waals surface area contributed by atoms with Gasteiger partial charge >= 0.3 is 6.03 Å². The van der Waals surface area contributed by atoms with Gasteiger partial charge in [0.25, 0.3) is 5.91 Å². The van der Waals surface area contributed by atoms with Gasteiger partial charge in [0.05, 0.1) is 20.8 Å². The molecule has 3 amide bonds. The van der Waals surface area contributed by atoms with E-state index in [9.17, 15) is 14.4 Å². The Morgan fingerprint density at radius 3 is 2.62 bits per heavy atom. The van der Waals surface area contributed by atoms with E-state index in [0.29, 0.717) is 23.5 Å². The monoisotopic (exact) mass is 360 g/mol. The number of ketones is 1. The topological polar surface area (TPSA) is 84.9 Å². The van der Waals surface area contributed by atoms with Crippen molar-refractivity contribution in [1.82, 2.24) is 10.2 Å². The molecular weight excluding hydrogens is 336 g/mol.